The van der Waals surface area contributed by atoms with E-state index in [1.807, 2.05) is 14.0 Å². The first-order chi connectivity index (χ1) is 8.29. The SMILES string of the molecule is CCNc1cnc(CSc2nnnn2C)cn1. The van der Waals surface area contributed by atoms with Crippen molar-refractivity contribution in [1.29, 1.82) is 0 Å². The highest BCUT2D eigenvalue weighted by Gasteiger charge is 2.04. The second kappa shape index (κ2) is 5.58. The molecule has 0 spiro atoms. The minimum Gasteiger partial charge on any atom is -0.369 e. The number of hydrogen-bond donors (Lipinski definition) is 1. The van der Waals surface area contributed by atoms with Crippen LogP contribution >= 0.6 is 11.8 Å². The van der Waals surface area contributed by atoms with Crippen molar-refractivity contribution < 1.29 is 0 Å². The lowest BCUT2D eigenvalue weighted by molar-refractivity contribution is 0.664. The van der Waals surface area contributed by atoms with Crippen LogP contribution < -0.4 is 5.32 Å². The van der Waals surface area contributed by atoms with Crippen molar-refractivity contribution in [1.82, 2.24) is 30.2 Å². The molecule has 0 unspecified atom stereocenters. The molecule has 2 rings (SSSR count). The average molecular weight is 251 g/mol. The maximum absolute atomic E-state index is 4.30. The van der Waals surface area contributed by atoms with Crippen LogP contribution in [0.3, 0.4) is 0 Å². The summed E-state index contributed by atoms with van der Waals surface area (Å²) in [5.41, 5.74) is 0.902. The Morgan fingerprint density at radius 2 is 2.24 bits per heavy atom. The van der Waals surface area contributed by atoms with Crippen LogP contribution in [0.1, 0.15) is 12.6 Å². The standard InChI is InChI=1S/C9H13N7S/c1-3-10-8-5-11-7(4-12-8)6-17-9-13-14-15-16(9)2/h4-5H,3,6H2,1-2H3,(H,10,12). The third-order valence-electron chi connectivity index (χ3n) is 1.99. The van der Waals surface area contributed by atoms with Crippen LogP contribution in [0.5, 0.6) is 0 Å². The Morgan fingerprint density at radius 1 is 1.35 bits per heavy atom. The molecule has 2 aromatic rings. The van der Waals surface area contributed by atoms with E-state index in [2.05, 4.69) is 30.8 Å². The fourth-order valence-electron chi connectivity index (χ4n) is 1.18. The van der Waals surface area contributed by atoms with Crippen molar-refractivity contribution in [3.05, 3.63) is 18.1 Å². The van der Waals surface area contributed by atoms with Crippen molar-refractivity contribution in [3.63, 3.8) is 0 Å². The third-order valence-corrected chi connectivity index (χ3v) is 3.04. The van der Waals surface area contributed by atoms with E-state index in [1.165, 1.54) is 11.8 Å². The molecule has 2 aromatic heterocycles. The van der Waals surface area contributed by atoms with Gasteiger partial charge in [-0.3, -0.25) is 4.98 Å². The molecule has 0 fully saturated rings. The van der Waals surface area contributed by atoms with Gasteiger partial charge in [-0.25, -0.2) is 9.67 Å². The van der Waals surface area contributed by atoms with Gasteiger partial charge < -0.3 is 5.32 Å². The molecule has 17 heavy (non-hydrogen) atoms. The topological polar surface area (TPSA) is 81.4 Å². The number of aromatic nitrogens is 6. The maximum atomic E-state index is 4.30. The van der Waals surface area contributed by atoms with Gasteiger partial charge in [0.1, 0.15) is 5.82 Å². The zero-order valence-corrected chi connectivity index (χ0v) is 10.5. The van der Waals surface area contributed by atoms with Gasteiger partial charge in [0, 0.05) is 19.3 Å². The van der Waals surface area contributed by atoms with Crippen molar-refractivity contribution in [2.75, 3.05) is 11.9 Å². The number of nitrogens with zero attached hydrogens (tertiary/aromatic N) is 6. The molecular weight excluding hydrogens is 238 g/mol. The number of aryl methyl sites for hydroxylation is 1. The molecule has 90 valence electrons. The van der Waals surface area contributed by atoms with Gasteiger partial charge in [0.15, 0.2) is 0 Å². The van der Waals surface area contributed by atoms with Gasteiger partial charge in [0.05, 0.1) is 18.1 Å². The predicted octanol–water partition coefficient (Wildman–Crippen LogP) is 0.724. The number of rotatable bonds is 5. The van der Waals surface area contributed by atoms with Crippen LogP contribution in [0.25, 0.3) is 0 Å². The summed E-state index contributed by atoms with van der Waals surface area (Å²) < 4.78 is 1.63. The van der Waals surface area contributed by atoms with Crippen molar-refractivity contribution >= 4 is 17.6 Å². The van der Waals surface area contributed by atoms with Crippen LogP contribution in [-0.2, 0) is 12.8 Å². The van der Waals surface area contributed by atoms with E-state index >= 15 is 0 Å². The van der Waals surface area contributed by atoms with Gasteiger partial charge in [-0.15, -0.1) is 5.10 Å². The zero-order chi connectivity index (χ0) is 12.1. The lowest BCUT2D eigenvalue weighted by Crippen LogP contribution is -2.01. The molecule has 0 aliphatic carbocycles. The molecular formula is C9H13N7S. The lowest BCUT2D eigenvalue weighted by atomic mass is 10.5. The molecule has 0 aliphatic rings. The third kappa shape index (κ3) is 3.13. The highest BCUT2D eigenvalue weighted by Crippen LogP contribution is 2.17. The first-order valence-corrected chi connectivity index (χ1v) is 6.18. The summed E-state index contributed by atoms with van der Waals surface area (Å²) in [6.45, 7) is 2.86. The highest BCUT2D eigenvalue weighted by molar-refractivity contribution is 7.98. The Balaban J connectivity index is 1.93. The smallest absolute Gasteiger partial charge is 0.209 e. The maximum Gasteiger partial charge on any atom is 0.209 e. The van der Waals surface area contributed by atoms with Gasteiger partial charge in [0.25, 0.3) is 0 Å². The molecule has 0 aliphatic heterocycles. The van der Waals surface area contributed by atoms with Crippen LogP contribution in [0, 0.1) is 0 Å². The summed E-state index contributed by atoms with van der Waals surface area (Å²) in [5, 5.41) is 15.1. The summed E-state index contributed by atoms with van der Waals surface area (Å²) in [6, 6.07) is 0. The number of hydrogen-bond acceptors (Lipinski definition) is 7. The molecule has 1 N–H and O–H groups in total. The van der Waals surface area contributed by atoms with Crippen LogP contribution in [-0.4, -0.2) is 36.7 Å². The number of anilines is 1. The summed E-state index contributed by atoms with van der Waals surface area (Å²) in [4.78, 5) is 8.55. The summed E-state index contributed by atoms with van der Waals surface area (Å²) in [6.07, 6.45) is 3.49. The van der Waals surface area contributed by atoms with Crippen LogP contribution in [0.2, 0.25) is 0 Å². The number of thioether (sulfide) groups is 1. The fourth-order valence-corrected chi connectivity index (χ4v) is 1.93. The summed E-state index contributed by atoms with van der Waals surface area (Å²) >= 11 is 1.53. The van der Waals surface area contributed by atoms with Gasteiger partial charge in [-0.2, -0.15) is 0 Å². The predicted molar refractivity (Wildman–Crippen MR) is 64.6 cm³/mol. The van der Waals surface area contributed by atoms with E-state index in [9.17, 15) is 0 Å². The number of nitrogens with one attached hydrogen (secondary N) is 1. The molecule has 0 radical (unpaired) electrons. The zero-order valence-electron chi connectivity index (χ0n) is 9.66. The molecule has 7 nitrogen and oxygen atoms in total. The van der Waals surface area contributed by atoms with Crippen molar-refractivity contribution in [2.24, 2.45) is 7.05 Å². The fraction of sp³-hybridized carbons (Fsp3) is 0.444. The Bertz CT molecular complexity index is 466. The molecule has 0 amide bonds. The second-order valence-corrected chi connectivity index (χ2v) is 4.24. The van der Waals surface area contributed by atoms with Crippen LogP contribution in [0.15, 0.2) is 17.6 Å². The Hall–Kier alpha value is -1.70. The minimum absolute atomic E-state index is 0.702. The van der Waals surface area contributed by atoms with Gasteiger partial charge in [-0.1, -0.05) is 11.8 Å². The molecule has 8 heteroatoms. The van der Waals surface area contributed by atoms with Crippen LogP contribution in [0.4, 0.5) is 5.82 Å². The Morgan fingerprint density at radius 3 is 2.82 bits per heavy atom. The number of tetrazole rings is 1. The lowest BCUT2D eigenvalue weighted by Gasteiger charge is -2.02. The van der Waals surface area contributed by atoms with Gasteiger partial charge in [-0.05, 0) is 17.4 Å². The van der Waals surface area contributed by atoms with Gasteiger partial charge in [0.2, 0.25) is 5.16 Å². The molecule has 0 bridgehead atoms. The van der Waals surface area contributed by atoms with E-state index in [0.717, 1.165) is 23.2 Å². The first kappa shape index (κ1) is 11.8. The largest absolute Gasteiger partial charge is 0.369 e. The van der Waals surface area contributed by atoms with Crippen molar-refractivity contribution in [2.45, 2.75) is 17.8 Å². The molecule has 2 heterocycles. The highest BCUT2D eigenvalue weighted by atomic mass is 32.2. The minimum atomic E-state index is 0.702. The molecule has 0 atom stereocenters. The van der Waals surface area contributed by atoms with E-state index in [4.69, 9.17) is 0 Å². The monoisotopic (exact) mass is 251 g/mol. The molecule has 0 aromatic carbocycles. The normalized spacial score (nSPS) is 10.5. The van der Waals surface area contributed by atoms with E-state index in [1.54, 1.807) is 17.1 Å². The average Bonchev–Trinajstić information content (AvgIpc) is 2.75. The quantitative estimate of drug-likeness (QED) is 0.784. The van der Waals surface area contributed by atoms with Gasteiger partial charge >= 0.3 is 0 Å². The van der Waals surface area contributed by atoms with E-state index in [0.29, 0.717) is 5.75 Å². The van der Waals surface area contributed by atoms with E-state index in [-0.39, 0.29) is 0 Å². The first-order valence-electron chi connectivity index (χ1n) is 5.19. The molecule has 0 saturated heterocycles. The Kier molecular flexibility index (Phi) is 3.86. The van der Waals surface area contributed by atoms with Crippen molar-refractivity contribution in [3.8, 4) is 0 Å². The second-order valence-electron chi connectivity index (χ2n) is 3.30. The summed E-state index contributed by atoms with van der Waals surface area (Å²) in [7, 11) is 1.81. The van der Waals surface area contributed by atoms with E-state index < -0.39 is 0 Å². The Labute approximate surface area is 103 Å². The molecule has 0 saturated carbocycles. The summed E-state index contributed by atoms with van der Waals surface area (Å²) in [5.74, 6) is 1.50.